The third kappa shape index (κ3) is 7.06. The van der Waals surface area contributed by atoms with E-state index in [1.807, 2.05) is 0 Å². The number of aryl methyl sites for hydroxylation is 1. The number of allylic oxidation sites excluding steroid dienone is 1. The normalized spacial score (nSPS) is 13.5. The fraction of sp³-hybridized carbons (Fsp3) is 0.400. The van der Waals surface area contributed by atoms with Crippen LogP contribution in [0.2, 0.25) is 0 Å². The van der Waals surface area contributed by atoms with Crippen molar-refractivity contribution >= 4 is 23.3 Å². The molecule has 254 valence electrons. The van der Waals surface area contributed by atoms with Gasteiger partial charge < -0.3 is 29.5 Å². The van der Waals surface area contributed by atoms with Crippen molar-refractivity contribution in [2.24, 2.45) is 0 Å². The van der Waals surface area contributed by atoms with Crippen LogP contribution in [0.25, 0.3) is 17.2 Å². The highest BCUT2D eigenvalue weighted by Gasteiger charge is 2.31. The highest BCUT2D eigenvalue weighted by molar-refractivity contribution is 5.95. The summed E-state index contributed by atoms with van der Waals surface area (Å²) in [7, 11) is 1.44. The highest BCUT2D eigenvalue weighted by atomic mass is 19.4. The van der Waals surface area contributed by atoms with E-state index in [0.717, 1.165) is 4.52 Å². The lowest BCUT2D eigenvalue weighted by Gasteiger charge is -2.36. The van der Waals surface area contributed by atoms with Crippen molar-refractivity contribution in [3.8, 4) is 23.0 Å². The van der Waals surface area contributed by atoms with E-state index in [1.165, 1.54) is 29.1 Å². The first-order chi connectivity index (χ1) is 22.8. The van der Waals surface area contributed by atoms with Crippen molar-refractivity contribution in [3.05, 3.63) is 64.4 Å². The van der Waals surface area contributed by atoms with Crippen LogP contribution in [0.1, 0.15) is 41.6 Å². The lowest BCUT2D eigenvalue weighted by Crippen LogP contribution is -2.51. The van der Waals surface area contributed by atoms with Gasteiger partial charge >= 0.3 is 6.18 Å². The summed E-state index contributed by atoms with van der Waals surface area (Å²) in [5.41, 5.74) is 0.653. The number of carbonyl (C=O) groups excluding carboxylic acids is 2. The number of hydrogen-bond acceptors (Lipinski definition) is 11. The van der Waals surface area contributed by atoms with Gasteiger partial charge in [-0.3, -0.25) is 14.4 Å². The molecule has 0 spiro atoms. The summed E-state index contributed by atoms with van der Waals surface area (Å²) < 4.78 is 46.0. The number of hydrogen-bond donors (Lipinski definition) is 2. The Hall–Kier alpha value is -5.55. The first-order valence-electron chi connectivity index (χ1n) is 14.9. The number of pyridine rings is 1. The van der Waals surface area contributed by atoms with Gasteiger partial charge in [0.25, 0.3) is 11.5 Å². The van der Waals surface area contributed by atoms with Gasteiger partial charge in [-0.15, -0.1) is 5.10 Å². The molecule has 4 aromatic rings. The Balaban J connectivity index is 1.51. The Morgan fingerprint density at radius 1 is 1.15 bits per heavy atom. The monoisotopic (exact) mass is 670 g/mol. The number of fused-ring (bicyclic) bond motifs is 1. The number of amides is 2. The molecular formula is C30H33F3N10O5. The Morgan fingerprint density at radius 3 is 2.54 bits per heavy atom. The zero-order valence-corrected chi connectivity index (χ0v) is 26.4. The zero-order valence-electron chi connectivity index (χ0n) is 26.4. The SMILES string of the molecule is C=C(CCC(F)(F)F)NC(=O)Cn1c(CC)c(N2CCN(C(=O)c3ncnc(C)c3O)CC2)c(=O)n2nc(-c3ccnc(OC)c3)nc12. The molecule has 0 saturated carbocycles. The summed E-state index contributed by atoms with van der Waals surface area (Å²) >= 11 is 0. The van der Waals surface area contributed by atoms with E-state index in [0.29, 0.717) is 11.3 Å². The number of ether oxygens (including phenoxy) is 1. The van der Waals surface area contributed by atoms with Crippen LogP contribution in [-0.4, -0.2) is 95.4 Å². The Morgan fingerprint density at radius 2 is 1.88 bits per heavy atom. The molecule has 15 nitrogen and oxygen atoms in total. The molecule has 5 heterocycles. The number of anilines is 1. The van der Waals surface area contributed by atoms with Gasteiger partial charge in [-0.25, -0.2) is 15.0 Å². The number of piperazine rings is 1. The van der Waals surface area contributed by atoms with Gasteiger partial charge in [0.05, 0.1) is 18.5 Å². The Bertz CT molecular complexity index is 1930. The third-order valence-electron chi connectivity index (χ3n) is 7.78. The second kappa shape index (κ2) is 13.7. The van der Waals surface area contributed by atoms with E-state index < -0.39 is 42.9 Å². The number of nitrogens with one attached hydrogen (secondary N) is 1. The molecule has 0 radical (unpaired) electrons. The largest absolute Gasteiger partial charge is 0.504 e. The molecule has 48 heavy (non-hydrogen) atoms. The average Bonchev–Trinajstić information content (AvgIpc) is 3.52. The van der Waals surface area contributed by atoms with E-state index in [-0.39, 0.29) is 78.6 Å². The van der Waals surface area contributed by atoms with E-state index >= 15 is 0 Å². The molecule has 1 fully saturated rings. The van der Waals surface area contributed by atoms with E-state index in [2.05, 4.69) is 36.9 Å². The molecule has 0 bridgehead atoms. The van der Waals surface area contributed by atoms with Crippen LogP contribution < -0.4 is 20.5 Å². The molecule has 5 rings (SSSR count). The van der Waals surface area contributed by atoms with Crippen molar-refractivity contribution in [3.63, 3.8) is 0 Å². The van der Waals surface area contributed by atoms with Crippen LogP contribution in [0.4, 0.5) is 18.9 Å². The Kier molecular flexibility index (Phi) is 9.62. The van der Waals surface area contributed by atoms with Crippen molar-refractivity contribution in [1.82, 2.24) is 44.3 Å². The molecule has 4 aromatic heterocycles. The number of halogens is 3. The molecule has 0 aromatic carbocycles. The lowest BCUT2D eigenvalue weighted by molar-refractivity contribution is -0.134. The first kappa shape index (κ1) is 33.8. The molecule has 2 N–H and O–H groups in total. The standard InChI is InChI=1S/C30H33F3N10O5/c1-5-20-24(40-10-12-41(13-11-40)27(46)23-25(45)18(3)35-16-36-23)28(47)43-29(38-26(39-43)19-7-9-34-22(14-19)48-4)42(20)15-21(44)37-17(2)6-8-30(31,32)33/h7,9,14,16,45H,2,5-6,8,10-13,15H2,1,3-4H3,(H,37,44). The molecule has 18 heteroatoms. The average molecular weight is 671 g/mol. The third-order valence-corrected chi connectivity index (χ3v) is 7.78. The second-order valence-electron chi connectivity index (χ2n) is 11.0. The van der Waals surface area contributed by atoms with Gasteiger partial charge in [-0.05, 0) is 25.8 Å². The van der Waals surface area contributed by atoms with E-state index in [4.69, 9.17) is 4.74 Å². The number of nitrogens with zero attached hydrogens (tertiary/aromatic N) is 9. The van der Waals surface area contributed by atoms with Crippen molar-refractivity contribution in [1.29, 1.82) is 0 Å². The quantitative estimate of drug-likeness (QED) is 0.254. The van der Waals surface area contributed by atoms with Crippen LogP contribution in [0.3, 0.4) is 0 Å². The number of aromatic nitrogens is 7. The summed E-state index contributed by atoms with van der Waals surface area (Å²) in [5.74, 6) is -1.00. The number of methoxy groups -OCH3 is 1. The van der Waals surface area contributed by atoms with Crippen molar-refractivity contribution in [2.75, 3.05) is 38.2 Å². The molecular weight excluding hydrogens is 637 g/mol. The number of carbonyl (C=O) groups is 2. The molecule has 1 aliphatic heterocycles. The fourth-order valence-electron chi connectivity index (χ4n) is 5.35. The minimum Gasteiger partial charge on any atom is -0.504 e. The Labute approximate surface area is 271 Å². The van der Waals surface area contributed by atoms with Crippen LogP contribution in [-0.2, 0) is 17.8 Å². The molecule has 0 unspecified atom stereocenters. The first-order valence-corrected chi connectivity index (χ1v) is 14.9. The maximum absolute atomic E-state index is 14.1. The predicted octanol–water partition coefficient (Wildman–Crippen LogP) is 2.26. The smallest absolute Gasteiger partial charge is 0.389 e. The van der Waals surface area contributed by atoms with Crippen LogP contribution in [0, 0.1) is 6.92 Å². The van der Waals surface area contributed by atoms with Crippen LogP contribution in [0.15, 0.2) is 41.7 Å². The summed E-state index contributed by atoms with van der Waals surface area (Å²) in [4.78, 5) is 60.2. The molecule has 0 aliphatic carbocycles. The number of rotatable bonds is 10. The van der Waals surface area contributed by atoms with Gasteiger partial charge in [-0.1, -0.05) is 13.5 Å². The second-order valence-corrected chi connectivity index (χ2v) is 11.0. The summed E-state index contributed by atoms with van der Waals surface area (Å²) in [6.45, 7) is 7.28. The lowest BCUT2D eigenvalue weighted by atomic mass is 10.2. The van der Waals surface area contributed by atoms with Crippen LogP contribution in [0.5, 0.6) is 11.6 Å². The van der Waals surface area contributed by atoms with E-state index in [9.17, 15) is 32.7 Å². The number of alkyl halides is 3. The number of aromatic hydroxyl groups is 1. The van der Waals surface area contributed by atoms with Crippen molar-refractivity contribution < 1.29 is 32.6 Å². The van der Waals surface area contributed by atoms with Gasteiger partial charge in [0, 0.05) is 56.1 Å². The van der Waals surface area contributed by atoms with Crippen LogP contribution >= 0.6 is 0 Å². The van der Waals surface area contributed by atoms with Gasteiger partial charge in [-0.2, -0.15) is 22.7 Å². The van der Waals surface area contributed by atoms with Gasteiger partial charge in [0.15, 0.2) is 17.3 Å². The van der Waals surface area contributed by atoms with Gasteiger partial charge in [0.2, 0.25) is 17.6 Å². The maximum Gasteiger partial charge on any atom is 0.389 e. The molecule has 1 saturated heterocycles. The van der Waals surface area contributed by atoms with Gasteiger partial charge in [0.1, 0.15) is 18.6 Å². The molecule has 0 atom stereocenters. The fourth-order valence-corrected chi connectivity index (χ4v) is 5.35. The predicted molar refractivity (Wildman–Crippen MR) is 166 cm³/mol. The summed E-state index contributed by atoms with van der Waals surface area (Å²) in [6, 6.07) is 3.20. The molecule has 2 amide bonds. The summed E-state index contributed by atoms with van der Waals surface area (Å²) in [5, 5.41) is 17.2. The zero-order chi connectivity index (χ0) is 34.7. The minimum atomic E-state index is -4.42. The van der Waals surface area contributed by atoms with Crippen molar-refractivity contribution in [2.45, 2.75) is 45.8 Å². The maximum atomic E-state index is 14.1. The summed E-state index contributed by atoms with van der Waals surface area (Å²) in [6.07, 6.45) is -3.11. The minimum absolute atomic E-state index is 0.0332. The highest BCUT2D eigenvalue weighted by Crippen LogP contribution is 2.26. The molecule has 1 aliphatic rings. The van der Waals surface area contributed by atoms with E-state index in [1.54, 1.807) is 30.9 Å². The topological polar surface area (TPSA) is 173 Å².